The van der Waals surface area contributed by atoms with E-state index in [2.05, 4.69) is 32.9 Å². The van der Waals surface area contributed by atoms with Crippen molar-refractivity contribution in [3.8, 4) is 0 Å². The Morgan fingerprint density at radius 3 is 1.21 bits per heavy atom. The van der Waals surface area contributed by atoms with Crippen molar-refractivity contribution in [2.75, 3.05) is 0 Å². The Bertz CT molecular complexity index is 303. The van der Waals surface area contributed by atoms with Crippen molar-refractivity contribution >= 4 is 0 Å². The first-order chi connectivity index (χ1) is 14.3. The predicted molar refractivity (Wildman–Crippen MR) is 135 cm³/mol. The summed E-state index contributed by atoms with van der Waals surface area (Å²) < 4.78 is 0. The number of allylic oxidation sites excluding steroid dienone is 2. The van der Waals surface area contributed by atoms with Crippen LogP contribution >= 0.6 is 0 Å². The van der Waals surface area contributed by atoms with Crippen LogP contribution in [0.5, 0.6) is 0 Å². The molecule has 0 nitrogen and oxygen atoms in total. The quantitative estimate of drug-likeness (QED) is 0.111. The van der Waals surface area contributed by atoms with Gasteiger partial charge >= 0.3 is 0 Å². The third-order valence-electron chi connectivity index (χ3n) is 6.30. The highest BCUT2D eigenvalue weighted by Crippen LogP contribution is 2.18. The summed E-state index contributed by atoms with van der Waals surface area (Å²) in [5.41, 5.74) is 0. The van der Waals surface area contributed by atoms with E-state index in [1.807, 2.05) is 0 Å². The van der Waals surface area contributed by atoms with Gasteiger partial charge in [0, 0.05) is 0 Å². The van der Waals surface area contributed by atoms with E-state index in [0.29, 0.717) is 0 Å². The molecule has 0 saturated carbocycles. The van der Waals surface area contributed by atoms with Gasteiger partial charge in [0.05, 0.1) is 0 Å². The van der Waals surface area contributed by atoms with Gasteiger partial charge < -0.3 is 0 Å². The summed E-state index contributed by atoms with van der Waals surface area (Å²) in [5.74, 6) is 0.931. The normalized spacial score (nSPS) is 12.8. The zero-order chi connectivity index (χ0) is 21.3. The Morgan fingerprint density at radius 2 is 0.759 bits per heavy atom. The van der Waals surface area contributed by atoms with Crippen molar-refractivity contribution in [3.63, 3.8) is 0 Å². The lowest BCUT2D eigenvalue weighted by molar-refractivity contribution is 0.438. The minimum absolute atomic E-state index is 0.931. The molecule has 0 fully saturated rings. The summed E-state index contributed by atoms with van der Waals surface area (Å²) in [7, 11) is 0. The summed E-state index contributed by atoms with van der Waals surface area (Å²) in [6, 6.07) is 0. The highest BCUT2D eigenvalue weighted by Gasteiger charge is 2.01. The zero-order valence-corrected chi connectivity index (χ0v) is 20.4. The maximum absolute atomic E-state index is 3.93. The van der Waals surface area contributed by atoms with Gasteiger partial charge in [0.1, 0.15) is 0 Å². The monoisotopic (exact) mass is 404 g/mol. The largest absolute Gasteiger partial charge is 0.0885 e. The molecule has 0 heterocycles. The van der Waals surface area contributed by atoms with Crippen LogP contribution in [-0.2, 0) is 0 Å². The first-order valence-corrected chi connectivity index (χ1v) is 13.5. The molecule has 0 aliphatic rings. The highest BCUT2D eigenvalue weighted by molar-refractivity contribution is 4.81. The molecule has 0 heteroatoms. The number of hydrogen-bond acceptors (Lipinski definition) is 0. The molecule has 0 aliphatic heterocycles. The van der Waals surface area contributed by atoms with Crippen LogP contribution in [0.4, 0.5) is 0 Å². The zero-order valence-electron chi connectivity index (χ0n) is 20.4. The van der Waals surface area contributed by atoms with E-state index in [4.69, 9.17) is 0 Å². The van der Waals surface area contributed by atoms with Gasteiger partial charge in [0.25, 0.3) is 0 Å². The summed E-state index contributed by atoms with van der Waals surface area (Å²) in [6.45, 7) is 10.3. The molecule has 0 saturated heterocycles. The second kappa shape index (κ2) is 25.8. The van der Waals surface area contributed by atoms with Crippen LogP contribution in [0, 0.1) is 19.8 Å². The van der Waals surface area contributed by atoms with E-state index in [-0.39, 0.29) is 0 Å². The molecule has 1 unspecified atom stereocenters. The van der Waals surface area contributed by atoms with Crippen molar-refractivity contribution in [1.82, 2.24) is 0 Å². The Morgan fingerprint density at radius 1 is 0.448 bits per heavy atom. The van der Waals surface area contributed by atoms with E-state index in [0.717, 1.165) is 18.8 Å². The van der Waals surface area contributed by atoms with E-state index in [1.165, 1.54) is 135 Å². The number of hydrogen-bond donors (Lipinski definition) is 0. The van der Waals surface area contributed by atoms with E-state index < -0.39 is 0 Å². The summed E-state index contributed by atoms with van der Waals surface area (Å²) in [5, 5.41) is 0. The van der Waals surface area contributed by atoms with Crippen LogP contribution in [0.25, 0.3) is 0 Å². The van der Waals surface area contributed by atoms with Gasteiger partial charge in [0.2, 0.25) is 0 Å². The molecule has 0 bridgehead atoms. The van der Waals surface area contributed by atoms with Crippen molar-refractivity contribution in [3.05, 3.63) is 26.0 Å². The fourth-order valence-corrected chi connectivity index (χ4v) is 4.19. The minimum atomic E-state index is 0.931. The van der Waals surface area contributed by atoms with E-state index >= 15 is 0 Å². The van der Waals surface area contributed by atoms with Crippen molar-refractivity contribution in [2.45, 2.75) is 155 Å². The summed E-state index contributed by atoms with van der Waals surface area (Å²) in [6.07, 6.45) is 36.6. The average Bonchev–Trinajstić information content (AvgIpc) is 2.72. The summed E-state index contributed by atoms with van der Waals surface area (Å²) in [4.78, 5) is 0. The van der Waals surface area contributed by atoms with Crippen molar-refractivity contribution < 1.29 is 0 Å². The molecule has 0 N–H and O–H groups in total. The standard InChI is InChI=1S/C29H56/c1-4-6-8-9-10-11-12-13-14-15-16-17-18-19-20-21-22-23-24-26-28-29(3)27-25-7-5-2/h17-18,29H,1-2,4-16,19-28H2,3H3. The lowest BCUT2D eigenvalue weighted by Gasteiger charge is -2.10. The minimum Gasteiger partial charge on any atom is -0.0885 e. The van der Waals surface area contributed by atoms with Crippen LogP contribution < -0.4 is 0 Å². The number of unbranched alkanes of at least 4 members (excludes halogenated alkanes) is 18. The molecule has 2 radical (unpaired) electrons. The first kappa shape index (κ1) is 28.7. The third kappa shape index (κ3) is 25.7. The number of rotatable bonds is 24. The molecule has 0 spiro atoms. The smallest absolute Gasteiger partial charge is 0.0351 e. The van der Waals surface area contributed by atoms with E-state index in [9.17, 15) is 0 Å². The van der Waals surface area contributed by atoms with Gasteiger partial charge in [-0.3, -0.25) is 0 Å². The summed E-state index contributed by atoms with van der Waals surface area (Å²) >= 11 is 0. The lowest BCUT2D eigenvalue weighted by Crippen LogP contribution is -1.94. The van der Waals surface area contributed by atoms with Gasteiger partial charge in [-0.15, -0.1) is 0 Å². The molecule has 0 amide bonds. The molecule has 0 aliphatic carbocycles. The Kier molecular flexibility index (Phi) is 25.5. The second-order valence-corrected chi connectivity index (χ2v) is 9.45. The van der Waals surface area contributed by atoms with Gasteiger partial charge in [0.15, 0.2) is 0 Å². The molecule has 172 valence electrons. The van der Waals surface area contributed by atoms with Crippen LogP contribution in [-0.4, -0.2) is 0 Å². The SMILES string of the molecule is [CH2]CCCCCCCCCCCC=CCCCCCCCCC(C)CCCC[CH2]. The third-order valence-corrected chi connectivity index (χ3v) is 6.30. The second-order valence-electron chi connectivity index (χ2n) is 9.45. The van der Waals surface area contributed by atoms with Crippen LogP contribution in [0.15, 0.2) is 12.2 Å². The molecular formula is C29H56. The first-order valence-electron chi connectivity index (χ1n) is 13.5. The molecular weight excluding hydrogens is 348 g/mol. The van der Waals surface area contributed by atoms with Crippen LogP contribution in [0.1, 0.15) is 155 Å². The van der Waals surface area contributed by atoms with Crippen molar-refractivity contribution in [1.29, 1.82) is 0 Å². The van der Waals surface area contributed by atoms with Crippen LogP contribution in [0.3, 0.4) is 0 Å². The van der Waals surface area contributed by atoms with Crippen LogP contribution in [0.2, 0.25) is 0 Å². The molecule has 0 rings (SSSR count). The molecule has 29 heavy (non-hydrogen) atoms. The van der Waals surface area contributed by atoms with Gasteiger partial charge in [-0.05, 0) is 31.6 Å². The van der Waals surface area contributed by atoms with E-state index in [1.54, 1.807) is 0 Å². The van der Waals surface area contributed by atoms with Gasteiger partial charge in [-0.2, -0.15) is 0 Å². The average molecular weight is 405 g/mol. The molecule has 0 aromatic carbocycles. The highest BCUT2D eigenvalue weighted by atomic mass is 14.1. The molecule has 1 atom stereocenters. The Labute approximate surface area is 186 Å². The Balaban J connectivity index is 3.14. The van der Waals surface area contributed by atoms with Crippen molar-refractivity contribution in [2.24, 2.45) is 5.92 Å². The predicted octanol–water partition coefficient (Wildman–Crippen LogP) is 10.8. The maximum Gasteiger partial charge on any atom is -0.0351 e. The maximum atomic E-state index is 3.93. The molecule has 0 aromatic rings. The van der Waals surface area contributed by atoms with Gasteiger partial charge in [-0.25, -0.2) is 0 Å². The fraction of sp³-hybridized carbons (Fsp3) is 0.862. The lowest BCUT2D eigenvalue weighted by atomic mass is 9.96. The molecule has 0 aromatic heterocycles. The topological polar surface area (TPSA) is 0 Å². The fourth-order valence-electron chi connectivity index (χ4n) is 4.19. The Hall–Kier alpha value is -0.260. The van der Waals surface area contributed by atoms with Gasteiger partial charge in [-0.1, -0.05) is 155 Å².